The third-order valence-corrected chi connectivity index (χ3v) is 2.59. The Labute approximate surface area is 97.6 Å². The quantitative estimate of drug-likeness (QED) is 0.625. The number of non-ortho nitro benzene ring substituents is 1. The van der Waals surface area contributed by atoms with Gasteiger partial charge < -0.3 is 5.73 Å². The van der Waals surface area contributed by atoms with Gasteiger partial charge >= 0.3 is 0 Å². The summed E-state index contributed by atoms with van der Waals surface area (Å²) >= 11 is 0. The molecular formula is C11H12N4O2. The summed E-state index contributed by atoms with van der Waals surface area (Å²) in [5.41, 5.74) is 8.42. The molecule has 0 bridgehead atoms. The van der Waals surface area contributed by atoms with Crippen LogP contribution in [0.1, 0.15) is 12.6 Å². The second-order valence-electron chi connectivity index (χ2n) is 3.62. The molecule has 2 rings (SSSR count). The fourth-order valence-electron chi connectivity index (χ4n) is 1.72. The Morgan fingerprint density at radius 1 is 1.41 bits per heavy atom. The van der Waals surface area contributed by atoms with Crippen LogP contribution in [-0.2, 0) is 6.42 Å². The standard InChI is InChI=1S/C11H12N4O2/c1-2-9-10(11(12)14-13-9)7-3-5-8(6-4-7)15(16)17/h3-6H,2H2,1H3,(H3,12,13,14). The smallest absolute Gasteiger partial charge is 0.269 e. The number of nitro benzene ring substituents is 1. The first-order chi connectivity index (χ1) is 8.13. The average molecular weight is 232 g/mol. The normalized spacial score (nSPS) is 10.4. The molecule has 0 saturated carbocycles. The fraction of sp³-hybridized carbons (Fsp3) is 0.182. The van der Waals surface area contributed by atoms with Crippen LogP contribution in [0.3, 0.4) is 0 Å². The maximum atomic E-state index is 10.6. The molecule has 1 aromatic heterocycles. The van der Waals surface area contributed by atoms with Crippen LogP contribution in [0.15, 0.2) is 24.3 Å². The van der Waals surface area contributed by atoms with E-state index in [4.69, 9.17) is 5.73 Å². The Morgan fingerprint density at radius 2 is 2.06 bits per heavy atom. The van der Waals surface area contributed by atoms with Crippen molar-refractivity contribution in [2.75, 3.05) is 5.73 Å². The third kappa shape index (κ3) is 1.96. The summed E-state index contributed by atoms with van der Waals surface area (Å²) in [7, 11) is 0. The van der Waals surface area contributed by atoms with Crippen LogP contribution in [0.5, 0.6) is 0 Å². The average Bonchev–Trinajstić information content (AvgIpc) is 2.70. The van der Waals surface area contributed by atoms with Gasteiger partial charge in [-0.2, -0.15) is 5.10 Å². The number of rotatable bonds is 3. The molecule has 0 fully saturated rings. The minimum atomic E-state index is -0.427. The molecule has 1 heterocycles. The summed E-state index contributed by atoms with van der Waals surface area (Å²) in [5, 5.41) is 17.3. The highest BCUT2D eigenvalue weighted by atomic mass is 16.6. The lowest BCUT2D eigenvalue weighted by molar-refractivity contribution is -0.384. The number of aryl methyl sites for hydroxylation is 1. The number of nitrogens with zero attached hydrogens (tertiary/aromatic N) is 2. The highest BCUT2D eigenvalue weighted by Crippen LogP contribution is 2.29. The van der Waals surface area contributed by atoms with E-state index in [2.05, 4.69) is 10.2 Å². The second kappa shape index (κ2) is 4.25. The van der Waals surface area contributed by atoms with Crippen LogP contribution < -0.4 is 5.73 Å². The van der Waals surface area contributed by atoms with Gasteiger partial charge in [0, 0.05) is 23.4 Å². The van der Waals surface area contributed by atoms with Gasteiger partial charge in [-0.15, -0.1) is 0 Å². The van der Waals surface area contributed by atoms with E-state index in [1.165, 1.54) is 12.1 Å². The number of anilines is 1. The number of aromatic nitrogens is 2. The minimum Gasteiger partial charge on any atom is -0.382 e. The molecule has 6 nitrogen and oxygen atoms in total. The van der Waals surface area contributed by atoms with Gasteiger partial charge in [0.2, 0.25) is 0 Å². The summed E-state index contributed by atoms with van der Waals surface area (Å²) in [6.45, 7) is 1.99. The molecule has 0 spiro atoms. The molecule has 2 aromatic rings. The summed E-state index contributed by atoms with van der Waals surface area (Å²) in [6, 6.07) is 6.28. The molecule has 0 radical (unpaired) electrons. The molecule has 0 saturated heterocycles. The number of nitro groups is 1. The summed E-state index contributed by atoms with van der Waals surface area (Å²) in [4.78, 5) is 10.1. The lowest BCUT2D eigenvalue weighted by atomic mass is 10.0. The Hall–Kier alpha value is -2.37. The van der Waals surface area contributed by atoms with Gasteiger partial charge in [-0.05, 0) is 24.1 Å². The van der Waals surface area contributed by atoms with Crippen LogP contribution in [0.2, 0.25) is 0 Å². The molecule has 0 aliphatic carbocycles. The molecule has 1 aromatic carbocycles. The lowest BCUT2D eigenvalue weighted by Crippen LogP contribution is -1.91. The number of hydrogen-bond donors (Lipinski definition) is 2. The van der Waals surface area contributed by atoms with Crippen molar-refractivity contribution in [1.82, 2.24) is 10.2 Å². The zero-order chi connectivity index (χ0) is 12.4. The Bertz CT molecular complexity index is 545. The highest BCUT2D eigenvalue weighted by molar-refractivity contribution is 5.76. The first-order valence-electron chi connectivity index (χ1n) is 5.21. The second-order valence-corrected chi connectivity index (χ2v) is 3.62. The Morgan fingerprint density at radius 3 is 2.59 bits per heavy atom. The van der Waals surface area contributed by atoms with E-state index >= 15 is 0 Å². The van der Waals surface area contributed by atoms with Crippen LogP contribution in [0.4, 0.5) is 11.5 Å². The highest BCUT2D eigenvalue weighted by Gasteiger charge is 2.13. The molecular weight excluding hydrogens is 220 g/mol. The van der Waals surface area contributed by atoms with Crippen molar-refractivity contribution in [3.8, 4) is 11.1 Å². The molecule has 0 aliphatic heterocycles. The number of nitrogens with one attached hydrogen (secondary N) is 1. The van der Waals surface area contributed by atoms with E-state index in [0.717, 1.165) is 23.2 Å². The van der Waals surface area contributed by atoms with E-state index in [9.17, 15) is 10.1 Å². The van der Waals surface area contributed by atoms with E-state index < -0.39 is 4.92 Å². The van der Waals surface area contributed by atoms with E-state index in [1.807, 2.05) is 6.92 Å². The van der Waals surface area contributed by atoms with Crippen molar-refractivity contribution in [1.29, 1.82) is 0 Å². The largest absolute Gasteiger partial charge is 0.382 e. The van der Waals surface area contributed by atoms with Gasteiger partial charge in [0.1, 0.15) is 0 Å². The molecule has 6 heteroatoms. The van der Waals surface area contributed by atoms with Gasteiger partial charge in [-0.25, -0.2) is 0 Å². The number of H-pyrrole nitrogens is 1. The molecule has 0 aliphatic rings. The first kappa shape index (κ1) is 11.1. The molecule has 17 heavy (non-hydrogen) atoms. The maximum Gasteiger partial charge on any atom is 0.269 e. The van der Waals surface area contributed by atoms with Gasteiger partial charge in [-0.3, -0.25) is 15.2 Å². The molecule has 3 N–H and O–H groups in total. The predicted molar refractivity (Wildman–Crippen MR) is 64.5 cm³/mol. The summed E-state index contributed by atoms with van der Waals surface area (Å²) in [5.74, 6) is 0.413. The van der Waals surface area contributed by atoms with Gasteiger partial charge in [-0.1, -0.05) is 6.92 Å². The third-order valence-electron chi connectivity index (χ3n) is 2.59. The van der Waals surface area contributed by atoms with Crippen LogP contribution in [0, 0.1) is 10.1 Å². The van der Waals surface area contributed by atoms with E-state index in [0.29, 0.717) is 5.82 Å². The molecule has 0 atom stereocenters. The number of hydrogen-bond acceptors (Lipinski definition) is 4. The Kier molecular flexibility index (Phi) is 2.78. The summed E-state index contributed by atoms with van der Waals surface area (Å²) < 4.78 is 0. The van der Waals surface area contributed by atoms with Crippen molar-refractivity contribution in [2.45, 2.75) is 13.3 Å². The molecule has 88 valence electrons. The first-order valence-corrected chi connectivity index (χ1v) is 5.21. The van der Waals surface area contributed by atoms with Crippen LogP contribution >= 0.6 is 0 Å². The van der Waals surface area contributed by atoms with Crippen molar-refractivity contribution in [2.24, 2.45) is 0 Å². The number of nitrogen functional groups attached to an aromatic ring is 1. The van der Waals surface area contributed by atoms with Crippen molar-refractivity contribution in [3.05, 3.63) is 40.1 Å². The Balaban J connectivity index is 2.46. The van der Waals surface area contributed by atoms with Crippen LogP contribution in [0.25, 0.3) is 11.1 Å². The SMILES string of the molecule is CCc1[nH]nc(N)c1-c1ccc([N+](=O)[O-])cc1. The van der Waals surface area contributed by atoms with Crippen molar-refractivity contribution in [3.63, 3.8) is 0 Å². The van der Waals surface area contributed by atoms with Gasteiger partial charge in [0.15, 0.2) is 5.82 Å². The molecule has 0 unspecified atom stereocenters. The van der Waals surface area contributed by atoms with Crippen LogP contribution in [-0.4, -0.2) is 15.1 Å². The van der Waals surface area contributed by atoms with Gasteiger partial charge in [0.25, 0.3) is 5.69 Å². The monoisotopic (exact) mass is 232 g/mol. The predicted octanol–water partition coefficient (Wildman–Crippen LogP) is 2.13. The van der Waals surface area contributed by atoms with E-state index in [-0.39, 0.29) is 5.69 Å². The van der Waals surface area contributed by atoms with Crippen molar-refractivity contribution < 1.29 is 4.92 Å². The van der Waals surface area contributed by atoms with E-state index in [1.54, 1.807) is 12.1 Å². The number of nitrogens with two attached hydrogens (primary N) is 1. The maximum absolute atomic E-state index is 10.6. The van der Waals surface area contributed by atoms with Gasteiger partial charge in [0.05, 0.1) is 4.92 Å². The number of benzene rings is 1. The zero-order valence-electron chi connectivity index (χ0n) is 9.30. The summed E-state index contributed by atoms with van der Waals surface area (Å²) in [6.07, 6.45) is 0.774. The number of aromatic amines is 1. The molecule has 0 amide bonds. The topological polar surface area (TPSA) is 97.8 Å². The lowest BCUT2D eigenvalue weighted by Gasteiger charge is -2.02. The minimum absolute atomic E-state index is 0.0638. The fourth-order valence-corrected chi connectivity index (χ4v) is 1.72. The zero-order valence-corrected chi connectivity index (χ0v) is 9.30. The van der Waals surface area contributed by atoms with Crippen molar-refractivity contribution >= 4 is 11.5 Å².